The molecule has 0 fully saturated rings. The van der Waals surface area contributed by atoms with E-state index in [1.807, 2.05) is 20.8 Å². The highest BCUT2D eigenvalue weighted by Gasteiger charge is 2.27. The van der Waals surface area contributed by atoms with Gasteiger partial charge in [-0.3, -0.25) is 11.3 Å². The summed E-state index contributed by atoms with van der Waals surface area (Å²) in [6.45, 7) is 6.48. The third-order valence-electron chi connectivity index (χ3n) is 2.82. The lowest BCUT2D eigenvalue weighted by atomic mass is 9.93. The van der Waals surface area contributed by atoms with Gasteiger partial charge in [-0.1, -0.05) is 31.5 Å². The van der Waals surface area contributed by atoms with Gasteiger partial charge < -0.3 is 4.74 Å². The third-order valence-corrected chi connectivity index (χ3v) is 3.06. The predicted molar refractivity (Wildman–Crippen MR) is 71.7 cm³/mol. The number of ether oxygens (including phenoxy) is 1. The summed E-state index contributed by atoms with van der Waals surface area (Å²) in [7, 11) is 0. The third kappa shape index (κ3) is 3.65. The van der Waals surface area contributed by atoms with E-state index in [1.165, 1.54) is 6.07 Å². The minimum absolute atomic E-state index is 0.198. The first-order valence-corrected chi connectivity index (χ1v) is 6.41. The minimum Gasteiger partial charge on any atom is -0.376 e. The average molecular weight is 275 g/mol. The van der Waals surface area contributed by atoms with Crippen LogP contribution < -0.4 is 11.3 Å². The van der Waals surface area contributed by atoms with E-state index in [4.69, 9.17) is 22.2 Å². The summed E-state index contributed by atoms with van der Waals surface area (Å²) in [5, 5.41) is 0.365. The van der Waals surface area contributed by atoms with Crippen molar-refractivity contribution >= 4 is 11.6 Å². The van der Waals surface area contributed by atoms with Crippen molar-refractivity contribution < 1.29 is 9.13 Å². The molecule has 0 aliphatic heterocycles. The number of hydrogen-bond acceptors (Lipinski definition) is 3. The smallest absolute Gasteiger partial charge is 0.129 e. The van der Waals surface area contributed by atoms with Crippen LogP contribution in [0.3, 0.4) is 0 Å². The summed E-state index contributed by atoms with van der Waals surface area (Å²) in [6, 6.07) is 4.16. The molecule has 0 saturated heterocycles. The standard InChI is InChI=1S/C13H20ClFN2O/c1-4-18-13(8(2)3)12(17-16)10-6-5-9(14)7-11(10)15/h5-8,12-13,17H,4,16H2,1-3H3. The number of rotatable bonds is 6. The van der Waals surface area contributed by atoms with E-state index in [9.17, 15) is 4.39 Å². The lowest BCUT2D eigenvalue weighted by Gasteiger charge is -2.30. The molecule has 2 atom stereocenters. The summed E-state index contributed by atoms with van der Waals surface area (Å²) in [4.78, 5) is 0. The fourth-order valence-corrected chi connectivity index (χ4v) is 2.14. The van der Waals surface area contributed by atoms with E-state index < -0.39 is 6.04 Å². The molecule has 1 aromatic carbocycles. The van der Waals surface area contributed by atoms with Gasteiger partial charge in [0.25, 0.3) is 0 Å². The van der Waals surface area contributed by atoms with Crippen molar-refractivity contribution in [1.82, 2.24) is 5.43 Å². The highest BCUT2D eigenvalue weighted by atomic mass is 35.5. The second-order valence-electron chi connectivity index (χ2n) is 4.47. The molecule has 1 rings (SSSR count). The van der Waals surface area contributed by atoms with Crippen molar-refractivity contribution in [1.29, 1.82) is 0 Å². The van der Waals surface area contributed by atoms with Gasteiger partial charge in [-0.05, 0) is 25.0 Å². The van der Waals surface area contributed by atoms with Crippen LogP contribution in [-0.4, -0.2) is 12.7 Å². The molecule has 3 N–H and O–H groups in total. The number of benzene rings is 1. The van der Waals surface area contributed by atoms with Gasteiger partial charge in [-0.15, -0.1) is 0 Å². The molecule has 0 bridgehead atoms. The Bertz CT molecular complexity index is 387. The first-order chi connectivity index (χ1) is 8.51. The zero-order valence-corrected chi connectivity index (χ0v) is 11.7. The second-order valence-corrected chi connectivity index (χ2v) is 4.91. The van der Waals surface area contributed by atoms with Gasteiger partial charge in [0.15, 0.2) is 0 Å². The van der Waals surface area contributed by atoms with Crippen LogP contribution in [0.25, 0.3) is 0 Å². The summed E-state index contributed by atoms with van der Waals surface area (Å²) in [5.74, 6) is 5.38. The van der Waals surface area contributed by atoms with Crippen LogP contribution >= 0.6 is 11.6 Å². The minimum atomic E-state index is -0.401. The fraction of sp³-hybridized carbons (Fsp3) is 0.538. The number of nitrogens with one attached hydrogen (secondary N) is 1. The quantitative estimate of drug-likeness (QED) is 0.619. The van der Waals surface area contributed by atoms with Crippen LogP contribution in [0.4, 0.5) is 4.39 Å². The summed E-state index contributed by atoms with van der Waals surface area (Å²) < 4.78 is 19.6. The predicted octanol–water partition coefficient (Wildman–Crippen LogP) is 3.04. The van der Waals surface area contributed by atoms with Gasteiger partial charge in [-0.2, -0.15) is 0 Å². The normalized spacial score (nSPS) is 14.8. The molecule has 2 unspecified atom stereocenters. The lowest BCUT2D eigenvalue weighted by molar-refractivity contribution is 0.00196. The van der Waals surface area contributed by atoms with Crippen LogP contribution in [0.15, 0.2) is 18.2 Å². The maximum absolute atomic E-state index is 13.9. The Hall–Kier alpha value is -0.680. The lowest BCUT2D eigenvalue weighted by Crippen LogP contribution is -2.41. The highest BCUT2D eigenvalue weighted by Crippen LogP contribution is 2.27. The van der Waals surface area contributed by atoms with Crippen LogP contribution in [0, 0.1) is 11.7 Å². The maximum Gasteiger partial charge on any atom is 0.129 e. The van der Waals surface area contributed by atoms with Crippen molar-refractivity contribution in [2.75, 3.05) is 6.61 Å². The molecule has 0 radical (unpaired) electrons. The summed E-state index contributed by atoms with van der Waals surface area (Å²) in [6.07, 6.45) is -0.198. The largest absolute Gasteiger partial charge is 0.376 e. The molecule has 5 heteroatoms. The van der Waals surface area contributed by atoms with Gasteiger partial charge in [0.2, 0.25) is 0 Å². The molecular weight excluding hydrogens is 255 g/mol. The zero-order valence-electron chi connectivity index (χ0n) is 10.9. The summed E-state index contributed by atoms with van der Waals surface area (Å²) >= 11 is 5.75. The molecule has 0 saturated carbocycles. The molecule has 18 heavy (non-hydrogen) atoms. The maximum atomic E-state index is 13.9. The molecule has 0 amide bonds. The Morgan fingerprint density at radius 3 is 2.56 bits per heavy atom. The van der Waals surface area contributed by atoms with Crippen molar-refractivity contribution in [3.63, 3.8) is 0 Å². The van der Waals surface area contributed by atoms with E-state index in [0.717, 1.165) is 0 Å². The number of nitrogens with two attached hydrogens (primary N) is 1. The molecular formula is C13H20ClFN2O. The molecule has 0 aliphatic carbocycles. The Balaban J connectivity index is 3.06. The molecule has 0 aliphatic rings. The first kappa shape index (κ1) is 15.4. The summed E-state index contributed by atoms with van der Waals surface area (Å²) in [5.41, 5.74) is 3.10. The molecule has 0 heterocycles. The van der Waals surface area contributed by atoms with Crippen molar-refractivity contribution in [2.45, 2.75) is 32.9 Å². The molecule has 3 nitrogen and oxygen atoms in total. The van der Waals surface area contributed by atoms with Gasteiger partial charge >= 0.3 is 0 Å². The van der Waals surface area contributed by atoms with Crippen LogP contribution in [0.2, 0.25) is 5.02 Å². The molecule has 0 aromatic heterocycles. The van der Waals surface area contributed by atoms with Gasteiger partial charge in [0, 0.05) is 17.2 Å². The van der Waals surface area contributed by atoms with Crippen LogP contribution in [0.5, 0.6) is 0 Å². The second kappa shape index (κ2) is 7.04. The van der Waals surface area contributed by atoms with Crippen LogP contribution in [0.1, 0.15) is 32.4 Å². The zero-order chi connectivity index (χ0) is 13.7. The van der Waals surface area contributed by atoms with Crippen molar-refractivity contribution in [3.05, 3.63) is 34.6 Å². The van der Waals surface area contributed by atoms with Crippen molar-refractivity contribution in [2.24, 2.45) is 11.8 Å². The topological polar surface area (TPSA) is 47.3 Å². The van der Waals surface area contributed by atoms with E-state index >= 15 is 0 Å². The molecule has 1 aromatic rings. The van der Waals surface area contributed by atoms with E-state index in [1.54, 1.807) is 12.1 Å². The Morgan fingerprint density at radius 1 is 1.44 bits per heavy atom. The monoisotopic (exact) mass is 274 g/mol. The fourth-order valence-electron chi connectivity index (χ4n) is 1.98. The Morgan fingerprint density at radius 2 is 2.11 bits per heavy atom. The SMILES string of the molecule is CCOC(C(C)C)C(NN)c1ccc(Cl)cc1F. The molecule has 0 spiro atoms. The number of hydrazine groups is 1. The average Bonchev–Trinajstić information content (AvgIpc) is 2.31. The van der Waals surface area contributed by atoms with Crippen molar-refractivity contribution in [3.8, 4) is 0 Å². The Kier molecular flexibility index (Phi) is 6.02. The number of halogens is 2. The molecule has 102 valence electrons. The first-order valence-electron chi connectivity index (χ1n) is 6.03. The van der Waals surface area contributed by atoms with Gasteiger partial charge in [0.1, 0.15) is 5.82 Å². The van der Waals surface area contributed by atoms with E-state index in [0.29, 0.717) is 17.2 Å². The van der Waals surface area contributed by atoms with Crippen LogP contribution in [-0.2, 0) is 4.74 Å². The highest BCUT2D eigenvalue weighted by molar-refractivity contribution is 6.30. The Labute approximate surface area is 112 Å². The van der Waals surface area contributed by atoms with E-state index in [2.05, 4.69) is 5.43 Å². The van der Waals surface area contributed by atoms with E-state index in [-0.39, 0.29) is 17.8 Å². The number of hydrogen-bond donors (Lipinski definition) is 2. The van der Waals surface area contributed by atoms with Gasteiger partial charge in [-0.25, -0.2) is 4.39 Å². The van der Waals surface area contributed by atoms with Gasteiger partial charge in [0.05, 0.1) is 12.1 Å².